The van der Waals surface area contributed by atoms with Crippen LogP contribution in [0.2, 0.25) is 0 Å². The minimum atomic E-state index is 0.191. The summed E-state index contributed by atoms with van der Waals surface area (Å²) < 4.78 is 0. The maximum Gasteiger partial charge on any atom is 0.184 e. The van der Waals surface area contributed by atoms with Gasteiger partial charge in [0.1, 0.15) is 5.69 Å². The van der Waals surface area contributed by atoms with Gasteiger partial charge in [-0.25, -0.2) is 0 Å². The van der Waals surface area contributed by atoms with E-state index in [4.69, 9.17) is 5.73 Å². The SMILES string of the molecule is NCc1cccc2c(C(=O)C3CC3)[nH]nc12. The van der Waals surface area contributed by atoms with Crippen LogP contribution in [0, 0.1) is 5.92 Å². The third-order valence-corrected chi connectivity index (χ3v) is 3.08. The number of para-hydroxylation sites is 1. The van der Waals surface area contributed by atoms with Crippen molar-refractivity contribution in [1.82, 2.24) is 10.2 Å². The van der Waals surface area contributed by atoms with E-state index in [9.17, 15) is 4.79 Å². The minimum Gasteiger partial charge on any atom is -0.326 e. The summed E-state index contributed by atoms with van der Waals surface area (Å²) in [6.07, 6.45) is 2.02. The Kier molecular flexibility index (Phi) is 2.04. The fraction of sp³-hybridized carbons (Fsp3) is 0.333. The van der Waals surface area contributed by atoms with Gasteiger partial charge in [0.15, 0.2) is 5.78 Å². The Balaban J connectivity index is 2.16. The number of benzene rings is 1. The molecule has 1 aliphatic carbocycles. The van der Waals surface area contributed by atoms with Crippen molar-refractivity contribution in [1.29, 1.82) is 0 Å². The molecule has 3 rings (SSSR count). The summed E-state index contributed by atoms with van der Waals surface area (Å²) in [5.41, 5.74) is 8.08. The van der Waals surface area contributed by atoms with Crippen molar-refractivity contribution in [3.05, 3.63) is 29.5 Å². The van der Waals surface area contributed by atoms with Crippen LogP contribution in [0.4, 0.5) is 0 Å². The lowest BCUT2D eigenvalue weighted by Gasteiger charge is -1.98. The van der Waals surface area contributed by atoms with Crippen LogP contribution in [0.3, 0.4) is 0 Å². The average molecular weight is 215 g/mol. The zero-order chi connectivity index (χ0) is 11.1. The van der Waals surface area contributed by atoms with Crippen molar-refractivity contribution in [2.24, 2.45) is 11.7 Å². The van der Waals surface area contributed by atoms with E-state index in [-0.39, 0.29) is 11.7 Å². The highest BCUT2D eigenvalue weighted by Crippen LogP contribution is 2.34. The highest BCUT2D eigenvalue weighted by atomic mass is 16.1. The standard InChI is InChI=1S/C12H13N3O/c13-6-8-2-1-3-9-10(8)14-15-11(9)12(16)7-4-5-7/h1-3,7H,4-6,13H2,(H,14,15). The van der Waals surface area contributed by atoms with Gasteiger partial charge in [-0.2, -0.15) is 5.10 Å². The van der Waals surface area contributed by atoms with Crippen molar-refractivity contribution >= 4 is 16.7 Å². The number of rotatable bonds is 3. The van der Waals surface area contributed by atoms with Crippen LogP contribution >= 0.6 is 0 Å². The van der Waals surface area contributed by atoms with Gasteiger partial charge in [0, 0.05) is 17.8 Å². The van der Waals surface area contributed by atoms with Crippen molar-refractivity contribution in [2.75, 3.05) is 0 Å². The zero-order valence-corrected chi connectivity index (χ0v) is 8.86. The molecule has 0 radical (unpaired) electrons. The van der Waals surface area contributed by atoms with E-state index in [1.165, 1.54) is 0 Å². The van der Waals surface area contributed by atoms with E-state index in [2.05, 4.69) is 10.2 Å². The molecule has 16 heavy (non-hydrogen) atoms. The maximum absolute atomic E-state index is 12.0. The lowest BCUT2D eigenvalue weighted by molar-refractivity contribution is 0.0964. The Morgan fingerprint density at radius 2 is 2.31 bits per heavy atom. The number of nitrogens with one attached hydrogen (secondary N) is 1. The van der Waals surface area contributed by atoms with Crippen molar-refractivity contribution in [2.45, 2.75) is 19.4 Å². The fourth-order valence-corrected chi connectivity index (χ4v) is 2.00. The van der Waals surface area contributed by atoms with Crippen LogP contribution in [-0.4, -0.2) is 16.0 Å². The Morgan fingerprint density at radius 1 is 1.50 bits per heavy atom. The predicted octanol–water partition coefficient (Wildman–Crippen LogP) is 1.61. The minimum absolute atomic E-state index is 0.191. The van der Waals surface area contributed by atoms with E-state index < -0.39 is 0 Å². The van der Waals surface area contributed by atoms with Gasteiger partial charge in [-0.1, -0.05) is 18.2 Å². The summed E-state index contributed by atoms with van der Waals surface area (Å²) in [5.74, 6) is 0.404. The smallest absolute Gasteiger partial charge is 0.184 e. The molecule has 1 aromatic heterocycles. The third kappa shape index (κ3) is 1.34. The highest BCUT2D eigenvalue weighted by molar-refractivity contribution is 6.08. The molecule has 1 heterocycles. The molecule has 0 amide bonds. The number of nitrogens with zero attached hydrogens (tertiary/aromatic N) is 1. The van der Waals surface area contributed by atoms with Gasteiger partial charge in [0.2, 0.25) is 0 Å². The second kappa shape index (κ2) is 3.42. The van der Waals surface area contributed by atoms with Crippen LogP contribution in [-0.2, 0) is 6.54 Å². The largest absolute Gasteiger partial charge is 0.326 e. The summed E-state index contributed by atoms with van der Waals surface area (Å²) >= 11 is 0. The van der Waals surface area contributed by atoms with E-state index in [1.807, 2.05) is 18.2 Å². The summed E-state index contributed by atoms with van der Waals surface area (Å²) in [6.45, 7) is 0.444. The number of hydrogen-bond donors (Lipinski definition) is 2. The van der Waals surface area contributed by atoms with Crippen molar-refractivity contribution in [3.8, 4) is 0 Å². The van der Waals surface area contributed by atoms with E-state index >= 15 is 0 Å². The number of nitrogens with two attached hydrogens (primary N) is 1. The molecule has 1 fully saturated rings. The molecular weight excluding hydrogens is 202 g/mol. The molecule has 82 valence electrons. The molecule has 0 saturated heterocycles. The normalized spacial score (nSPS) is 15.6. The second-order valence-electron chi connectivity index (χ2n) is 4.25. The molecule has 4 heteroatoms. The summed E-state index contributed by atoms with van der Waals surface area (Å²) in [6, 6.07) is 5.78. The quantitative estimate of drug-likeness (QED) is 0.764. The predicted molar refractivity (Wildman–Crippen MR) is 61.0 cm³/mol. The molecule has 0 bridgehead atoms. The first-order valence-electron chi connectivity index (χ1n) is 5.51. The number of hydrogen-bond acceptors (Lipinski definition) is 3. The molecule has 0 atom stereocenters. The molecule has 1 aliphatic rings. The van der Waals surface area contributed by atoms with E-state index in [0.717, 1.165) is 29.3 Å². The van der Waals surface area contributed by atoms with Gasteiger partial charge in [-0.3, -0.25) is 9.89 Å². The second-order valence-corrected chi connectivity index (χ2v) is 4.25. The number of aromatic amines is 1. The number of carbonyl (C=O) groups is 1. The molecule has 4 nitrogen and oxygen atoms in total. The summed E-state index contributed by atoms with van der Waals surface area (Å²) in [5, 5.41) is 7.95. The topological polar surface area (TPSA) is 71.8 Å². The molecule has 1 saturated carbocycles. The summed E-state index contributed by atoms with van der Waals surface area (Å²) in [7, 11) is 0. The molecular formula is C12H13N3O. The Labute approximate surface area is 92.8 Å². The van der Waals surface area contributed by atoms with Crippen LogP contribution in [0.25, 0.3) is 10.9 Å². The Bertz CT molecular complexity index is 554. The van der Waals surface area contributed by atoms with Crippen LogP contribution in [0.5, 0.6) is 0 Å². The Hall–Kier alpha value is -1.68. The lowest BCUT2D eigenvalue weighted by atomic mass is 10.1. The number of ketones is 1. The van der Waals surface area contributed by atoms with Crippen LogP contribution in [0.1, 0.15) is 28.9 Å². The number of Topliss-reactive ketones (excluding diaryl/α,β-unsaturated/α-hetero) is 1. The van der Waals surface area contributed by atoms with Gasteiger partial charge >= 0.3 is 0 Å². The molecule has 3 N–H and O–H groups in total. The van der Waals surface area contributed by atoms with Gasteiger partial charge in [-0.05, 0) is 18.4 Å². The van der Waals surface area contributed by atoms with Gasteiger partial charge < -0.3 is 5.73 Å². The first-order valence-corrected chi connectivity index (χ1v) is 5.51. The zero-order valence-electron chi connectivity index (χ0n) is 8.86. The number of fused-ring (bicyclic) bond motifs is 1. The average Bonchev–Trinajstić information content (AvgIpc) is 3.07. The van der Waals surface area contributed by atoms with Gasteiger partial charge in [0.25, 0.3) is 0 Å². The molecule has 0 aliphatic heterocycles. The third-order valence-electron chi connectivity index (χ3n) is 3.08. The monoisotopic (exact) mass is 215 g/mol. The lowest BCUT2D eigenvalue weighted by Crippen LogP contribution is -2.02. The molecule has 0 unspecified atom stereocenters. The fourth-order valence-electron chi connectivity index (χ4n) is 2.00. The highest BCUT2D eigenvalue weighted by Gasteiger charge is 2.32. The van der Waals surface area contributed by atoms with E-state index in [0.29, 0.717) is 12.2 Å². The molecule has 0 spiro atoms. The number of aromatic nitrogens is 2. The first-order chi connectivity index (χ1) is 7.81. The van der Waals surface area contributed by atoms with Gasteiger partial charge in [-0.15, -0.1) is 0 Å². The van der Waals surface area contributed by atoms with E-state index in [1.54, 1.807) is 0 Å². The van der Waals surface area contributed by atoms with Crippen LogP contribution < -0.4 is 5.73 Å². The van der Waals surface area contributed by atoms with Gasteiger partial charge in [0.05, 0.1) is 5.52 Å². The Morgan fingerprint density at radius 3 is 3.00 bits per heavy atom. The van der Waals surface area contributed by atoms with Crippen molar-refractivity contribution in [3.63, 3.8) is 0 Å². The summed E-state index contributed by atoms with van der Waals surface area (Å²) in [4.78, 5) is 12.0. The number of H-pyrrole nitrogens is 1. The molecule has 2 aromatic rings. The van der Waals surface area contributed by atoms with Crippen LogP contribution in [0.15, 0.2) is 18.2 Å². The maximum atomic E-state index is 12.0. The molecule has 1 aromatic carbocycles. The first kappa shape index (κ1) is 9.54. The van der Waals surface area contributed by atoms with Crippen molar-refractivity contribution < 1.29 is 4.79 Å². The number of carbonyl (C=O) groups excluding carboxylic acids is 1.